The van der Waals surface area contributed by atoms with Crippen molar-refractivity contribution in [1.29, 1.82) is 0 Å². The van der Waals surface area contributed by atoms with Gasteiger partial charge in [-0.2, -0.15) is 4.31 Å². The topological polar surface area (TPSA) is 73.5 Å². The lowest BCUT2D eigenvalue weighted by Crippen LogP contribution is -2.55. The maximum atomic E-state index is 14.3. The molecule has 1 N–H and O–H groups in total. The highest BCUT2D eigenvalue weighted by atomic mass is 32.2. The fraction of sp³-hybridized carbons (Fsp3) is 0.250. The molecule has 8 heteroatoms. The number of H-pyrrole nitrogens is 1. The first kappa shape index (κ1) is 18.6. The Morgan fingerprint density at radius 1 is 1.11 bits per heavy atom. The first-order chi connectivity index (χ1) is 13.4. The number of aromatic nitrogens is 1. The zero-order valence-electron chi connectivity index (χ0n) is 15.3. The molecule has 0 spiro atoms. The second-order valence-corrected chi connectivity index (χ2v) is 8.76. The van der Waals surface area contributed by atoms with Gasteiger partial charge in [-0.25, -0.2) is 12.8 Å². The molecule has 1 aromatic heterocycles. The zero-order chi connectivity index (χ0) is 19.9. The molecule has 1 aliphatic rings. The summed E-state index contributed by atoms with van der Waals surface area (Å²) < 4.78 is 42.0. The molecule has 2 heterocycles. The summed E-state index contributed by atoms with van der Waals surface area (Å²) in [5.74, 6) is -0.703. The van der Waals surface area contributed by atoms with Crippen LogP contribution in [0, 0.1) is 5.82 Å². The Balaban J connectivity index is 1.60. The third kappa shape index (κ3) is 3.08. The van der Waals surface area contributed by atoms with Crippen molar-refractivity contribution in [3.05, 3.63) is 66.1 Å². The molecular formula is C20H20FN3O3S. The van der Waals surface area contributed by atoms with Crippen LogP contribution in [-0.2, 0) is 10.0 Å². The van der Waals surface area contributed by atoms with Gasteiger partial charge in [0.25, 0.3) is 5.91 Å². The van der Waals surface area contributed by atoms with E-state index >= 15 is 0 Å². The van der Waals surface area contributed by atoms with Gasteiger partial charge in [0.2, 0.25) is 10.0 Å². The van der Waals surface area contributed by atoms with Crippen LogP contribution in [0.5, 0.6) is 0 Å². The van der Waals surface area contributed by atoms with Gasteiger partial charge in [0, 0.05) is 43.0 Å². The second kappa shape index (κ2) is 7.03. The van der Waals surface area contributed by atoms with E-state index in [2.05, 4.69) is 4.98 Å². The molecule has 3 aromatic rings. The van der Waals surface area contributed by atoms with Crippen molar-refractivity contribution in [2.24, 2.45) is 0 Å². The van der Waals surface area contributed by atoms with Crippen molar-refractivity contribution in [2.45, 2.75) is 17.9 Å². The molecule has 0 bridgehead atoms. The van der Waals surface area contributed by atoms with Crippen LogP contribution in [-0.4, -0.2) is 54.2 Å². The molecule has 1 atom stereocenters. The van der Waals surface area contributed by atoms with E-state index in [0.717, 1.165) is 0 Å². The smallest absolute Gasteiger partial charge is 0.253 e. The Labute approximate surface area is 162 Å². The van der Waals surface area contributed by atoms with Crippen molar-refractivity contribution in [3.8, 4) is 0 Å². The highest BCUT2D eigenvalue weighted by Crippen LogP contribution is 2.30. The van der Waals surface area contributed by atoms with Crippen molar-refractivity contribution in [1.82, 2.24) is 14.2 Å². The molecule has 2 aromatic carbocycles. The van der Waals surface area contributed by atoms with Gasteiger partial charge in [-0.1, -0.05) is 24.3 Å². The maximum absolute atomic E-state index is 14.3. The summed E-state index contributed by atoms with van der Waals surface area (Å²) in [5, 5.41) is 0.0671. The van der Waals surface area contributed by atoms with Crippen LogP contribution in [0.15, 0.2) is 59.6 Å². The van der Waals surface area contributed by atoms with Crippen LogP contribution in [0.25, 0.3) is 10.9 Å². The SMILES string of the molecule is C[C@H]1CN(C(=O)c2ccccc2)CCN1S(=O)(=O)c1c[nH]c2cccc(F)c12. The van der Waals surface area contributed by atoms with Crippen LogP contribution in [0.2, 0.25) is 0 Å². The number of carbonyl (C=O) groups excluding carboxylic acids is 1. The van der Waals surface area contributed by atoms with Crippen molar-refractivity contribution in [3.63, 3.8) is 0 Å². The molecule has 146 valence electrons. The zero-order valence-corrected chi connectivity index (χ0v) is 16.1. The van der Waals surface area contributed by atoms with Crippen molar-refractivity contribution in [2.75, 3.05) is 19.6 Å². The molecule has 1 amide bonds. The second-order valence-electron chi connectivity index (χ2n) is 6.90. The van der Waals surface area contributed by atoms with Gasteiger partial charge >= 0.3 is 0 Å². The Morgan fingerprint density at radius 2 is 1.86 bits per heavy atom. The number of carbonyl (C=O) groups is 1. The average Bonchev–Trinajstić information content (AvgIpc) is 3.14. The number of amides is 1. The van der Waals surface area contributed by atoms with E-state index in [1.165, 1.54) is 22.6 Å². The van der Waals surface area contributed by atoms with E-state index in [-0.39, 0.29) is 35.8 Å². The minimum atomic E-state index is -3.91. The number of hydrogen-bond donors (Lipinski definition) is 1. The lowest BCUT2D eigenvalue weighted by molar-refractivity contribution is 0.0642. The highest BCUT2D eigenvalue weighted by Gasteiger charge is 2.37. The van der Waals surface area contributed by atoms with Crippen LogP contribution in [0.3, 0.4) is 0 Å². The Hall–Kier alpha value is -2.71. The van der Waals surface area contributed by atoms with Crippen LogP contribution in [0.1, 0.15) is 17.3 Å². The monoisotopic (exact) mass is 401 g/mol. The summed E-state index contributed by atoms with van der Waals surface area (Å²) in [5.41, 5.74) is 1.01. The van der Waals surface area contributed by atoms with E-state index in [1.54, 1.807) is 42.2 Å². The number of nitrogens with one attached hydrogen (secondary N) is 1. The Bertz CT molecular complexity index is 1130. The number of rotatable bonds is 3. The Kier molecular flexibility index (Phi) is 4.68. The third-order valence-corrected chi connectivity index (χ3v) is 7.12. The molecule has 4 rings (SSSR count). The minimum absolute atomic E-state index is 0.0671. The molecule has 1 aliphatic heterocycles. The third-order valence-electron chi connectivity index (χ3n) is 5.08. The maximum Gasteiger partial charge on any atom is 0.253 e. The fourth-order valence-electron chi connectivity index (χ4n) is 3.69. The molecule has 0 radical (unpaired) electrons. The number of halogens is 1. The quantitative estimate of drug-likeness (QED) is 0.733. The number of benzene rings is 2. The number of hydrogen-bond acceptors (Lipinski definition) is 3. The molecule has 0 aliphatic carbocycles. The average molecular weight is 401 g/mol. The predicted octanol–water partition coefficient (Wildman–Crippen LogP) is 2.84. The van der Waals surface area contributed by atoms with E-state index < -0.39 is 21.9 Å². The Morgan fingerprint density at radius 3 is 2.57 bits per heavy atom. The molecular weight excluding hydrogens is 381 g/mol. The molecule has 28 heavy (non-hydrogen) atoms. The van der Waals surface area contributed by atoms with Crippen LogP contribution < -0.4 is 0 Å². The van der Waals surface area contributed by atoms with Crippen molar-refractivity contribution < 1.29 is 17.6 Å². The van der Waals surface area contributed by atoms with Gasteiger partial charge in [0.1, 0.15) is 10.7 Å². The van der Waals surface area contributed by atoms with Gasteiger partial charge in [-0.15, -0.1) is 0 Å². The highest BCUT2D eigenvalue weighted by molar-refractivity contribution is 7.89. The van der Waals surface area contributed by atoms with E-state index in [4.69, 9.17) is 0 Å². The van der Waals surface area contributed by atoms with Gasteiger partial charge in [0.15, 0.2) is 0 Å². The van der Waals surface area contributed by atoms with Crippen molar-refractivity contribution >= 4 is 26.8 Å². The van der Waals surface area contributed by atoms with Gasteiger partial charge in [0.05, 0.1) is 5.39 Å². The fourth-order valence-corrected chi connectivity index (χ4v) is 5.47. The predicted molar refractivity (Wildman–Crippen MR) is 104 cm³/mol. The summed E-state index contributed by atoms with van der Waals surface area (Å²) >= 11 is 0. The first-order valence-corrected chi connectivity index (χ1v) is 10.5. The standard InChI is InChI=1S/C20H20FN3O3S/c1-14-13-23(20(25)15-6-3-2-4-7-15)10-11-24(14)28(26,27)18-12-22-17-9-5-8-16(21)19(17)18/h2-9,12,14,22H,10-11,13H2,1H3/t14-/m0/s1. The van der Waals surface area contributed by atoms with E-state index in [0.29, 0.717) is 11.1 Å². The minimum Gasteiger partial charge on any atom is -0.360 e. The molecule has 0 saturated carbocycles. The van der Waals surface area contributed by atoms with Gasteiger partial charge in [-0.3, -0.25) is 4.79 Å². The first-order valence-electron chi connectivity index (χ1n) is 9.01. The number of aromatic amines is 1. The van der Waals surface area contributed by atoms with Gasteiger partial charge in [-0.05, 0) is 31.2 Å². The van der Waals surface area contributed by atoms with E-state index in [1.807, 2.05) is 6.07 Å². The largest absolute Gasteiger partial charge is 0.360 e. The number of nitrogens with zero attached hydrogens (tertiary/aromatic N) is 2. The van der Waals surface area contributed by atoms with Crippen LogP contribution in [0.4, 0.5) is 4.39 Å². The molecule has 1 saturated heterocycles. The summed E-state index contributed by atoms with van der Waals surface area (Å²) in [6, 6.07) is 12.9. The molecule has 6 nitrogen and oxygen atoms in total. The molecule has 0 unspecified atom stereocenters. The summed E-state index contributed by atoms with van der Waals surface area (Å²) in [6.45, 7) is 2.47. The number of piperazine rings is 1. The number of sulfonamides is 1. The van der Waals surface area contributed by atoms with Crippen LogP contribution >= 0.6 is 0 Å². The van der Waals surface area contributed by atoms with E-state index in [9.17, 15) is 17.6 Å². The summed E-state index contributed by atoms with van der Waals surface area (Å²) in [6.07, 6.45) is 1.33. The molecule has 1 fully saturated rings. The summed E-state index contributed by atoms with van der Waals surface area (Å²) in [4.78, 5) is 17.1. The summed E-state index contributed by atoms with van der Waals surface area (Å²) in [7, 11) is -3.91. The normalized spacial score (nSPS) is 18.5. The number of fused-ring (bicyclic) bond motifs is 1. The lowest BCUT2D eigenvalue weighted by Gasteiger charge is -2.38. The lowest BCUT2D eigenvalue weighted by atomic mass is 10.1. The van der Waals surface area contributed by atoms with Gasteiger partial charge < -0.3 is 9.88 Å².